The van der Waals surface area contributed by atoms with E-state index in [2.05, 4.69) is 67.7 Å². The molecule has 2 aromatic carbocycles. The van der Waals surface area contributed by atoms with Crippen LogP contribution in [0.2, 0.25) is 0 Å². The Bertz CT molecular complexity index is 608. The van der Waals surface area contributed by atoms with Gasteiger partial charge in [0.1, 0.15) is 5.75 Å². The van der Waals surface area contributed by atoms with Gasteiger partial charge in [-0.05, 0) is 37.1 Å². The summed E-state index contributed by atoms with van der Waals surface area (Å²) in [4.78, 5) is 0. The van der Waals surface area contributed by atoms with Gasteiger partial charge in [0.2, 0.25) is 0 Å². The number of nitrogens with one attached hydrogen (secondary N) is 1. The first kappa shape index (κ1) is 14.2. The number of para-hydroxylation sites is 1. The van der Waals surface area contributed by atoms with Gasteiger partial charge in [0.25, 0.3) is 0 Å². The molecule has 0 fully saturated rings. The van der Waals surface area contributed by atoms with Crippen LogP contribution in [0.25, 0.3) is 0 Å². The second-order valence-electron chi connectivity index (χ2n) is 5.73. The highest BCUT2D eigenvalue weighted by molar-refractivity contribution is 5.40. The van der Waals surface area contributed by atoms with Crippen LogP contribution < -0.4 is 10.1 Å². The van der Waals surface area contributed by atoms with Crippen molar-refractivity contribution in [2.24, 2.45) is 0 Å². The molecule has 1 aliphatic heterocycles. The predicted octanol–water partition coefficient (Wildman–Crippen LogP) is 4.21. The van der Waals surface area contributed by atoms with E-state index in [0.29, 0.717) is 12.0 Å². The van der Waals surface area contributed by atoms with Crippen LogP contribution in [0, 0.1) is 6.92 Å². The van der Waals surface area contributed by atoms with E-state index in [9.17, 15) is 0 Å². The zero-order valence-corrected chi connectivity index (χ0v) is 12.8. The summed E-state index contributed by atoms with van der Waals surface area (Å²) in [6, 6.07) is 17.6. The van der Waals surface area contributed by atoms with E-state index in [-0.39, 0.29) is 0 Å². The van der Waals surface area contributed by atoms with Gasteiger partial charge in [-0.1, -0.05) is 55.0 Å². The van der Waals surface area contributed by atoms with Crippen molar-refractivity contribution in [3.8, 4) is 5.75 Å². The molecule has 0 saturated carbocycles. The maximum absolute atomic E-state index is 5.81. The molecule has 2 atom stereocenters. The van der Waals surface area contributed by atoms with Gasteiger partial charge in [0.15, 0.2) is 0 Å². The van der Waals surface area contributed by atoms with Crippen molar-refractivity contribution in [1.82, 2.24) is 5.32 Å². The standard InChI is InChI=1S/C19H23NO/c1-3-20-19(15-8-6-7-14(2)13-15)17-11-12-21-18-10-5-4-9-16(17)18/h4-10,13,17,19-20H,3,11-12H2,1-2H3. The number of rotatable bonds is 4. The molecule has 0 bridgehead atoms. The number of fused-ring (bicyclic) bond motifs is 1. The SMILES string of the molecule is CCNC(c1cccc(C)c1)C1CCOc2ccccc21. The van der Waals surface area contributed by atoms with Crippen LogP contribution in [0.4, 0.5) is 0 Å². The Morgan fingerprint density at radius 2 is 2.05 bits per heavy atom. The fourth-order valence-corrected chi connectivity index (χ4v) is 3.29. The summed E-state index contributed by atoms with van der Waals surface area (Å²) >= 11 is 0. The van der Waals surface area contributed by atoms with Crippen LogP contribution in [0.15, 0.2) is 48.5 Å². The average molecular weight is 281 g/mol. The molecule has 3 rings (SSSR count). The molecule has 1 aliphatic rings. The third-order valence-corrected chi connectivity index (χ3v) is 4.23. The molecule has 0 amide bonds. The summed E-state index contributed by atoms with van der Waals surface area (Å²) in [5.74, 6) is 1.51. The molecule has 2 aromatic rings. The highest BCUT2D eigenvalue weighted by atomic mass is 16.5. The second-order valence-corrected chi connectivity index (χ2v) is 5.73. The molecule has 2 nitrogen and oxygen atoms in total. The molecular formula is C19H23NO. The monoisotopic (exact) mass is 281 g/mol. The minimum absolute atomic E-state index is 0.347. The zero-order chi connectivity index (χ0) is 14.7. The molecule has 0 spiro atoms. The highest BCUT2D eigenvalue weighted by Gasteiger charge is 2.29. The van der Waals surface area contributed by atoms with Gasteiger partial charge in [-0.3, -0.25) is 0 Å². The van der Waals surface area contributed by atoms with Crippen LogP contribution in [-0.4, -0.2) is 13.2 Å². The van der Waals surface area contributed by atoms with Crippen molar-refractivity contribution in [1.29, 1.82) is 0 Å². The molecule has 110 valence electrons. The Hall–Kier alpha value is -1.80. The highest BCUT2D eigenvalue weighted by Crippen LogP contribution is 2.41. The smallest absolute Gasteiger partial charge is 0.122 e. The fraction of sp³-hybridized carbons (Fsp3) is 0.368. The van der Waals surface area contributed by atoms with E-state index in [4.69, 9.17) is 4.74 Å². The first-order valence-corrected chi connectivity index (χ1v) is 7.81. The van der Waals surface area contributed by atoms with Crippen molar-refractivity contribution >= 4 is 0 Å². The summed E-state index contributed by atoms with van der Waals surface area (Å²) in [6.45, 7) is 6.10. The van der Waals surface area contributed by atoms with E-state index >= 15 is 0 Å². The van der Waals surface area contributed by atoms with Gasteiger partial charge < -0.3 is 10.1 Å². The van der Waals surface area contributed by atoms with Crippen molar-refractivity contribution in [2.45, 2.75) is 32.2 Å². The summed E-state index contributed by atoms with van der Waals surface area (Å²) in [5.41, 5.74) is 4.02. The summed E-state index contributed by atoms with van der Waals surface area (Å²) < 4.78 is 5.81. The Morgan fingerprint density at radius 1 is 1.19 bits per heavy atom. The lowest BCUT2D eigenvalue weighted by molar-refractivity contribution is 0.246. The van der Waals surface area contributed by atoms with Gasteiger partial charge in [-0.2, -0.15) is 0 Å². The van der Waals surface area contributed by atoms with Gasteiger partial charge in [0.05, 0.1) is 6.61 Å². The summed E-state index contributed by atoms with van der Waals surface area (Å²) in [6.07, 6.45) is 1.06. The average Bonchev–Trinajstić information content (AvgIpc) is 2.52. The van der Waals surface area contributed by atoms with E-state index in [1.807, 2.05) is 0 Å². The molecule has 0 radical (unpaired) electrons. The maximum Gasteiger partial charge on any atom is 0.122 e. The molecule has 0 aliphatic carbocycles. The van der Waals surface area contributed by atoms with E-state index in [1.165, 1.54) is 16.7 Å². The first-order valence-electron chi connectivity index (χ1n) is 7.81. The van der Waals surface area contributed by atoms with E-state index < -0.39 is 0 Å². The second kappa shape index (κ2) is 6.31. The lowest BCUT2D eigenvalue weighted by Gasteiger charge is -2.33. The predicted molar refractivity (Wildman–Crippen MR) is 86.9 cm³/mol. The lowest BCUT2D eigenvalue weighted by Crippen LogP contribution is -2.30. The number of aryl methyl sites for hydroxylation is 1. The van der Waals surface area contributed by atoms with Crippen molar-refractivity contribution < 1.29 is 4.74 Å². The normalized spacial score (nSPS) is 18.7. The Balaban J connectivity index is 1.99. The Labute approximate surface area is 127 Å². The van der Waals surface area contributed by atoms with Crippen LogP contribution >= 0.6 is 0 Å². The largest absolute Gasteiger partial charge is 0.493 e. The first-order chi connectivity index (χ1) is 10.3. The number of ether oxygens (including phenoxy) is 1. The third kappa shape index (κ3) is 2.96. The molecule has 2 unspecified atom stereocenters. The minimum atomic E-state index is 0.347. The number of hydrogen-bond acceptors (Lipinski definition) is 2. The van der Waals surface area contributed by atoms with E-state index in [1.54, 1.807) is 0 Å². The minimum Gasteiger partial charge on any atom is -0.493 e. The number of benzene rings is 2. The molecule has 2 heteroatoms. The number of hydrogen-bond donors (Lipinski definition) is 1. The van der Waals surface area contributed by atoms with E-state index in [0.717, 1.165) is 25.3 Å². The van der Waals surface area contributed by atoms with Gasteiger partial charge in [0, 0.05) is 12.0 Å². The van der Waals surface area contributed by atoms with Crippen LogP contribution in [0.1, 0.15) is 42.0 Å². The maximum atomic E-state index is 5.81. The molecule has 0 saturated heterocycles. The van der Waals surface area contributed by atoms with Crippen LogP contribution in [0.5, 0.6) is 5.75 Å². The summed E-state index contributed by atoms with van der Waals surface area (Å²) in [7, 11) is 0. The van der Waals surface area contributed by atoms with Gasteiger partial charge >= 0.3 is 0 Å². The number of likely N-dealkylation sites (N-methyl/N-ethyl adjacent to an activating group) is 1. The molecule has 21 heavy (non-hydrogen) atoms. The quantitative estimate of drug-likeness (QED) is 0.906. The lowest BCUT2D eigenvalue weighted by atomic mass is 9.83. The zero-order valence-electron chi connectivity index (χ0n) is 12.8. The van der Waals surface area contributed by atoms with Gasteiger partial charge in [-0.25, -0.2) is 0 Å². The van der Waals surface area contributed by atoms with Crippen molar-refractivity contribution in [3.63, 3.8) is 0 Å². The molecule has 1 heterocycles. The molecule has 1 N–H and O–H groups in total. The topological polar surface area (TPSA) is 21.3 Å². The molecule has 0 aromatic heterocycles. The van der Waals surface area contributed by atoms with Crippen LogP contribution in [-0.2, 0) is 0 Å². The van der Waals surface area contributed by atoms with Gasteiger partial charge in [-0.15, -0.1) is 0 Å². The Kier molecular flexibility index (Phi) is 4.26. The van der Waals surface area contributed by atoms with Crippen molar-refractivity contribution in [2.75, 3.05) is 13.2 Å². The summed E-state index contributed by atoms with van der Waals surface area (Å²) in [5, 5.41) is 3.68. The van der Waals surface area contributed by atoms with Crippen molar-refractivity contribution in [3.05, 3.63) is 65.2 Å². The van der Waals surface area contributed by atoms with Crippen LogP contribution in [0.3, 0.4) is 0 Å². The Morgan fingerprint density at radius 3 is 2.86 bits per heavy atom. The molecular weight excluding hydrogens is 258 g/mol. The fourth-order valence-electron chi connectivity index (χ4n) is 3.29. The third-order valence-electron chi connectivity index (χ3n) is 4.23.